The van der Waals surface area contributed by atoms with Crippen LogP contribution in [0.5, 0.6) is 0 Å². The van der Waals surface area contributed by atoms with E-state index in [9.17, 15) is 4.79 Å². The molecule has 3 nitrogen and oxygen atoms in total. The van der Waals surface area contributed by atoms with Crippen LogP contribution < -0.4 is 10.6 Å². The molecule has 1 atom stereocenters. The molecule has 0 saturated heterocycles. The van der Waals surface area contributed by atoms with Crippen LogP contribution in [0.4, 0.5) is 0 Å². The fourth-order valence-electron chi connectivity index (χ4n) is 1.63. The largest absolute Gasteiger partial charge is 0.352 e. The van der Waals surface area contributed by atoms with Gasteiger partial charge in [0.15, 0.2) is 0 Å². The second-order valence-electron chi connectivity index (χ2n) is 4.71. The molecule has 0 bridgehead atoms. The third-order valence-corrected chi connectivity index (χ3v) is 4.24. The first kappa shape index (κ1) is 14.9. The molecule has 1 saturated carbocycles. The summed E-state index contributed by atoms with van der Waals surface area (Å²) in [5, 5.41) is 7.46. The molecular weight excluding hydrogens is 307 g/mol. The average Bonchev–Trinajstić information content (AvgIpc) is 3.17. The molecule has 1 aliphatic carbocycles. The monoisotopic (exact) mass is 320 g/mol. The van der Waals surface area contributed by atoms with Gasteiger partial charge in [-0.05, 0) is 31.9 Å². The smallest absolute Gasteiger partial charge is 0.237 e. The Balaban J connectivity index is 1.94. The van der Waals surface area contributed by atoms with Crippen molar-refractivity contribution >= 4 is 40.7 Å². The number of carbonyl (C=O) groups excluding carboxylic acids is 1. The summed E-state index contributed by atoms with van der Waals surface area (Å²) < 4.78 is 0. The SMILES string of the molecule is CC(NCc1c(Cl)ccc(Cl)c1Cl)C(=O)NC1CC1. The highest BCUT2D eigenvalue weighted by Crippen LogP contribution is 2.31. The van der Waals surface area contributed by atoms with Gasteiger partial charge >= 0.3 is 0 Å². The minimum Gasteiger partial charge on any atom is -0.352 e. The summed E-state index contributed by atoms with van der Waals surface area (Å²) >= 11 is 18.1. The fourth-order valence-corrected chi connectivity index (χ4v) is 2.31. The normalized spacial score (nSPS) is 16.2. The Morgan fingerprint density at radius 3 is 2.58 bits per heavy atom. The highest BCUT2D eigenvalue weighted by Gasteiger charge is 2.25. The van der Waals surface area contributed by atoms with Crippen molar-refractivity contribution in [2.45, 2.75) is 38.4 Å². The van der Waals surface area contributed by atoms with Gasteiger partial charge in [-0.2, -0.15) is 0 Å². The van der Waals surface area contributed by atoms with E-state index in [0.717, 1.165) is 12.8 Å². The molecule has 0 aliphatic heterocycles. The van der Waals surface area contributed by atoms with Gasteiger partial charge in [-0.25, -0.2) is 0 Å². The maximum Gasteiger partial charge on any atom is 0.237 e. The minimum atomic E-state index is -0.299. The Bertz CT molecular complexity index is 489. The summed E-state index contributed by atoms with van der Waals surface area (Å²) in [7, 11) is 0. The van der Waals surface area contributed by atoms with Gasteiger partial charge in [-0.15, -0.1) is 0 Å². The van der Waals surface area contributed by atoms with Crippen LogP contribution in [0, 0.1) is 0 Å². The van der Waals surface area contributed by atoms with Crippen molar-refractivity contribution in [3.05, 3.63) is 32.8 Å². The fraction of sp³-hybridized carbons (Fsp3) is 0.462. The molecule has 1 amide bonds. The van der Waals surface area contributed by atoms with Crippen molar-refractivity contribution < 1.29 is 4.79 Å². The van der Waals surface area contributed by atoms with Gasteiger partial charge in [0.1, 0.15) is 0 Å². The average molecular weight is 322 g/mol. The standard InChI is InChI=1S/C13H15Cl3N2O/c1-7(13(19)18-8-2-3-8)17-6-9-10(14)4-5-11(15)12(9)16/h4-5,7-8,17H,2-3,6H2,1H3,(H,18,19). The number of rotatable bonds is 5. The molecule has 0 spiro atoms. The van der Waals surface area contributed by atoms with Gasteiger partial charge < -0.3 is 10.6 Å². The van der Waals surface area contributed by atoms with Crippen molar-refractivity contribution in [1.82, 2.24) is 10.6 Å². The highest BCUT2D eigenvalue weighted by molar-refractivity contribution is 6.44. The van der Waals surface area contributed by atoms with Gasteiger partial charge in [0.05, 0.1) is 16.1 Å². The lowest BCUT2D eigenvalue weighted by molar-refractivity contribution is -0.122. The Kier molecular flexibility index (Phi) is 4.96. The van der Waals surface area contributed by atoms with E-state index in [2.05, 4.69) is 10.6 Å². The van der Waals surface area contributed by atoms with Crippen molar-refractivity contribution in [2.75, 3.05) is 0 Å². The van der Waals surface area contributed by atoms with Crippen LogP contribution in [0.3, 0.4) is 0 Å². The molecular formula is C13H15Cl3N2O. The molecule has 1 aliphatic rings. The zero-order valence-corrected chi connectivity index (χ0v) is 12.7. The van der Waals surface area contributed by atoms with Crippen molar-refractivity contribution in [1.29, 1.82) is 0 Å². The van der Waals surface area contributed by atoms with Crippen LogP contribution >= 0.6 is 34.8 Å². The molecule has 2 N–H and O–H groups in total. The minimum absolute atomic E-state index is 0.00299. The third kappa shape index (κ3) is 3.99. The first-order chi connectivity index (χ1) is 8.99. The predicted octanol–water partition coefficient (Wildman–Crippen LogP) is 3.40. The molecule has 1 fully saturated rings. The molecule has 104 valence electrons. The number of hydrogen-bond donors (Lipinski definition) is 2. The first-order valence-corrected chi connectivity index (χ1v) is 7.28. The summed E-state index contributed by atoms with van der Waals surface area (Å²) in [6, 6.07) is 3.41. The quantitative estimate of drug-likeness (QED) is 0.816. The van der Waals surface area contributed by atoms with Crippen molar-refractivity contribution in [2.24, 2.45) is 0 Å². The van der Waals surface area contributed by atoms with Gasteiger partial charge in [-0.3, -0.25) is 4.79 Å². The van der Waals surface area contributed by atoms with Crippen molar-refractivity contribution in [3.8, 4) is 0 Å². The summed E-state index contributed by atoms with van der Waals surface area (Å²) in [5.41, 5.74) is 0.710. The van der Waals surface area contributed by atoms with E-state index < -0.39 is 0 Å². The Morgan fingerprint density at radius 1 is 1.32 bits per heavy atom. The molecule has 2 rings (SSSR count). The van der Waals surface area contributed by atoms with E-state index in [1.807, 2.05) is 6.92 Å². The zero-order chi connectivity index (χ0) is 14.0. The van der Waals surface area contributed by atoms with Crippen molar-refractivity contribution in [3.63, 3.8) is 0 Å². The van der Waals surface area contributed by atoms with Crippen LogP contribution in [-0.4, -0.2) is 18.0 Å². The molecule has 6 heteroatoms. The van der Waals surface area contributed by atoms with E-state index in [1.54, 1.807) is 12.1 Å². The lowest BCUT2D eigenvalue weighted by atomic mass is 10.2. The van der Waals surface area contributed by atoms with Gasteiger partial charge in [0, 0.05) is 23.2 Å². The van der Waals surface area contributed by atoms with Crippen LogP contribution in [-0.2, 0) is 11.3 Å². The number of amides is 1. The van der Waals surface area contributed by atoms with Crippen LogP contribution in [0.1, 0.15) is 25.3 Å². The predicted molar refractivity (Wildman–Crippen MR) is 78.9 cm³/mol. The Labute approximate surface area is 127 Å². The topological polar surface area (TPSA) is 41.1 Å². The van der Waals surface area contributed by atoms with E-state index in [-0.39, 0.29) is 11.9 Å². The van der Waals surface area contributed by atoms with Crippen LogP contribution in [0.15, 0.2) is 12.1 Å². The van der Waals surface area contributed by atoms with Gasteiger partial charge in [-0.1, -0.05) is 34.8 Å². The maximum absolute atomic E-state index is 11.8. The number of hydrogen-bond acceptors (Lipinski definition) is 2. The van der Waals surface area contributed by atoms with E-state index in [1.165, 1.54) is 0 Å². The van der Waals surface area contributed by atoms with E-state index >= 15 is 0 Å². The lowest BCUT2D eigenvalue weighted by Gasteiger charge is -2.15. The number of nitrogens with one attached hydrogen (secondary N) is 2. The first-order valence-electron chi connectivity index (χ1n) is 6.15. The molecule has 1 unspecified atom stereocenters. The zero-order valence-electron chi connectivity index (χ0n) is 10.5. The summed E-state index contributed by atoms with van der Waals surface area (Å²) in [6.07, 6.45) is 2.15. The number of halogens is 3. The molecule has 0 radical (unpaired) electrons. The van der Waals surface area contributed by atoms with Gasteiger partial charge in [0.25, 0.3) is 0 Å². The van der Waals surface area contributed by atoms with Crippen LogP contribution in [0.2, 0.25) is 15.1 Å². The summed E-state index contributed by atoms with van der Waals surface area (Å²) in [4.78, 5) is 11.8. The molecule has 0 aromatic heterocycles. The summed E-state index contributed by atoms with van der Waals surface area (Å²) in [5.74, 6) is -0.00299. The second-order valence-corrected chi connectivity index (χ2v) is 5.90. The van der Waals surface area contributed by atoms with Crippen LogP contribution in [0.25, 0.3) is 0 Å². The highest BCUT2D eigenvalue weighted by atomic mass is 35.5. The molecule has 1 aromatic carbocycles. The van der Waals surface area contributed by atoms with E-state index in [4.69, 9.17) is 34.8 Å². The number of benzene rings is 1. The maximum atomic E-state index is 11.8. The van der Waals surface area contributed by atoms with Gasteiger partial charge in [0.2, 0.25) is 5.91 Å². The third-order valence-electron chi connectivity index (χ3n) is 3.04. The summed E-state index contributed by atoms with van der Waals surface area (Å²) in [6.45, 7) is 2.21. The molecule has 19 heavy (non-hydrogen) atoms. The number of carbonyl (C=O) groups is 1. The lowest BCUT2D eigenvalue weighted by Crippen LogP contribution is -2.42. The Morgan fingerprint density at radius 2 is 1.95 bits per heavy atom. The molecule has 1 aromatic rings. The van der Waals surface area contributed by atoms with E-state index in [0.29, 0.717) is 33.2 Å². The molecule has 0 heterocycles. The second kappa shape index (κ2) is 6.31. The Hall–Kier alpha value is -0.480.